The van der Waals surface area contributed by atoms with Gasteiger partial charge in [-0.2, -0.15) is 13.2 Å². The normalized spacial score (nSPS) is 13.4. The van der Waals surface area contributed by atoms with Crippen LogP contribution < -0.4 is 5.32 Å². The van der Waals surface area contributed by atoms with Crippen LogP contribution in [-0.4, -0.2) is 23.2 Å². The van der Waals surface area contributed by atoms with Gasteiger partial charge in [0, 0.05) is 6.42 Å². The van der Waals surface area contributed by atoms with E-state index in [4.69, 9.17) is 5.11 Å². The quantitative estimate of drug-likeness (QED) is 0.558. The first kappa shape index (κ1) is 23.1. The van der Waals surface area contributed by atoms with E-state index in [1.165, 1.54) is 30.3 Å². The number of rotatable bonds is 8. The minimum atomic E-state index is -4.65. The average molecular weight is 423 g/mol. The minimum absolute atomic E-state index is 0.0872. The highest BCUT2D eigenvalue weighted by Crippen LogP contribution is 2.38. The maximum atomic E-state index is 14.2. The van der Waals surface area contributed by atoms with Gasteiger partial charge in [-0.3, -0.25) is 9.59 Å². The van der Waals surface area contributed by atoms with Crippen molar-refractivity contribution in [3.8, 4) is 0 Å². The molecule has 0 saturated heterocycles. The smallest absolute Gasteiger partial charge is 0.392 e. The molecule has 0 unspecified atom stereocenters. The molecule has 160 valence electrons. The number of benzene rings is 2. The maximum absolute atomic E-state index is 14.2. The molecule has 0 fully saturated rings. The first-order chi connectivity index (χ1) is 14.0. The Hall–Kier alpha value is -3.16. The largest absolute Gasteiger partial charge is 0.481 e. The number of carbonyl (C=O) groups is 2. The van der Waals surface area contributed by atoms with Crippen LogP contribution in [0.2, 0.25) is 0 Å². The van der Waals surface area contributed by atoms with Crippen molar-refractivity contribution in [2.24, 2.45) is 5.92 Å². The van der Waals surface area contributed by atoms with E-state index in [1.807, 2.05) is 0 Å². The van der Waals surface area contributed by atoms with E-state index < -0.39 is 35.7 Å². The predicted octanol–water partition coefficient (Wildman–Crippen LogP) is 5.41. The Balaban J connectivity index is 2.35. The maximum Gasteiger partial charge on any atom is 0.392 e. The molecule has 4 nitrogen and oxygen atoms in total. The number of anilines is 1. The van der Waals surface area contributed by atoms with Gasteiger partial charge in [-0.15, -0.1) is 0 Å². The molecule has 0 saturated carbocycles. The lowest BCUT2D eigenvalue weighted by Crippen LogP contribution is -2.34. The molecule has 0 heterocycles. The molecule has 2 aromatic carbocycles. The van der Waals surface area contributed by atoms with E-state index in [1.54, 1.807) is 12.1 Å². The third-order valence-corrected chi connectivity index (χ3v) is 4.75. The average Bonchev–Trinajstić information content (AvgIpc) is 2.68. The molecular weight excluding hydrogens is 402 g/mol. The van der Waals surface area contributed by atoms with Crippen LogP contribution in [0.15, 0.2) is 49.0 Å². The predicted molar refractivity (Wildman–Crippen MR) is 105 cm³/mol. The first-order valence-electron chi connectivity index (χ1n) is 9.13. The van der Waals surface area contributed by atoms with E-state index in [0.717, 1.165) is 13.0 Å². The van der Waals surface area contributed by atoms with Crippen LogP contribution in [0.1, 0.15) is 36.0 Å². The summed E-state index contributed by atoms with van der Waals surface area (Å²) >= 11 is 0. The number of alkyl halides is 3. The summed E-state index contributed by atoms with van der Waals surface area (Å²) in [5.41, 5.74) is 0.940. The molecule has 2 atom stereocenters. The number of carbonyl (C=O) groups excluding carboxylic acids is 1. The molecular formula is C22H21F4NO3. The van der Waals surface area contributed by atoms with Crippen LogP contribution in [0.3, 0.4) is 0 Å². The molecule has 0 radical (unpaired) electrons. The van der Waals surface area contributed by atoms with Gasteiger partial charge >= 0.3 is 12.1 Å². The van der Waals surface area contributed by atoms with Crippen molar-refractivity contribution in [1.29, 1.82) is 0 Å². The van der Waals surface area contributed by atoms with Crippen molar-refractivity contribution in [3.05, 3.63) is 71.6 Å². The van der Waals surface area contributed by atoms with Crippen LogP contribution in [-0.2, 0) is 16.0 Å². The van der Waals surface area contributed by atoms with Crippen molar-refractivity contribution in [3.63, 3.8) is 0 Å². The fraction of sp³-hybridized carbons (Fsp3) is 0.273. The summed E-state index contributed by atoms with van der Waals surface area (Å²) in [6.45, 7) is 4.47. The van der Waals surface area contributed by atoms with Gasteiger partial charge in [-0.1, -0.05) is 49.9 Å². The van der Waals surface area contributed by atoms with Gasteiger partial charge in [-0.05, 0) is 35.2 Å². The third kappa shape index (κ3) is 5.92. The topological polar surface area (TPSA) is 66.4 Å². The van der Waals surface area contributed by atoms with E-state index in [2.05, 4.69) is 11.9 Å². The second-order valence-electron chi connectivity index (χ2n) is 6.88. The number of aryl methyl sites for hydroxylation is 1. The van der Waals surface area contributed by atoms with Crippen LogP contribution in [0.25, 0.3) is 6.08 Å². The molecule has 0 aromatic heterocycles. The Labute approximate surface area is 171 Å². The van der Waals surface area contributed by atoms with Crippen molar-refractivity contribution in [2.75, 3.05) is 5.32 Å². The standard InChI is InChI=1S/C22H21F4NO3/c1-3-14-4-8-16(9-5-14)20(13(2)22(24,25)26)21(30)27-18-12-15(6-10-17(18)23)7-11-19(28)29/h3-6,8-10,12-13,20H,1,7,11H2,2H3,(H,27,30)(H,28,29)/t13-,20+/m1/s1. The van der Waals surface area contributed by atoms with Gasteiger partial charge in [0.15, 0.2) is 0 Å². The molecule has 0 bridgehead atoms. The van der Waals surface area contributed by atoms with Crippen LogP contribution >= 0.6 is 0 Å². The summed E-state index contributed by atoms with van der Waals surface area (Å²) < 4.78 is 54.4. The zero-order chi connectivity index (χ0) is 22.5. The zero-order valence-corrected chi connectivity index (χ0v) is 16.2. The third-order valence-electron chi connectivity index (χ3n) is 4.75. The molecule has 0 aliphatic heterocycles. The molecule has 0 aliphatic carbocycles. The number of amides is 1. The van der Waals surface area contributed by atoms with Gasteiger partial charge < -0.3 is 10.4 Å². The van der Waals surface area contributed by atoms with Crippen molar-refractivity contribution >= 4 is 23.6 Å². The summed E-state index contributed by atoms with van der Waals surface area (Å²) in [7, 11) is 0. The Kier molecular flexibility index (Phi) is 7.37. The van der Waals surface area contributed by atoms with Gasteiger partial charge in [-0.25, -0.2) is 4.39 Å². The van der Waals surface area contributed by atoms with E-state index in [-0.39, 0.29) is 24.1 Å². The van der Waals surface area contributed by atoms with Crippen LogP contribution in [0, 0.1) is 11.7 Å². The highest BCUT2D eigenvalue weighted by atomic mass is 19.4. The fourth-order valence-electron chi connectivity index (χ4n) is 2.98. The molecule has 2 N–H and O–H groups in total. The molecule has 8 heteroatoms. The van der Waals surface area contributed by atoms with Crippen molar-refractivity contribution < 1.29 is 32.3 Å². The summed E-state index contributed by atoms with van der Waals surface area (Å²) in [6, 6.07) is 9.52. The van der Waals surface area contributed by atoms with Gasteiger partial charge in [0.25, 0.3) is 0 Å². The molecule has 1 amide bonds. The van der Waals surface area contributed by atoms with Crippen LogP contribution in [0.5, 0.6) is 0 Å². The molecule has 0 aliphatic rings. The highest BCUT2D eigenvalue weighted by Gasteiger charge is 2.45. The number of carboxylic acid groups (broad SMARTS) is 1. The number of aliphatic carboxylic acids is 1. The van der Waals surface area contributed by atoms with Gasteiger partial charge in [0.1, 0.15) is 5.82 Å². The Bertz CT molecular complexity index is 923. The fourth-order valence-corrected chi connectivity index (χ4v) is 2.98. The van der Waals surface area contributed by atoms with E-state index >= 15 is 0 Å². The lowest BCUT2D eigenvalue weighted by Gasteiger charge is -2.26. The first-order valence-corrected chi connectivity index (χ1v) is 9.13. The monoisotopic (exact) mass is 423 g/mol. The second-order valence-corrected chi connectivity index (χ2v) is 6.88. The summed E-state index contributed by atoms with van der Waals surface area (Å²) in [4.78, 5) is 23.5. The van der Waals surface area contributed by atoms with E-state index in [9.17, 15) is 27.2 Å². The zero-order valence-electron chi connectivity index (χ0n) is 16.2. The Morgan fingerprint density at radius 3 is 2.33 bits per heavy atom. The number of halogens is 4. The van der Waals surface area contributed by atoms with Gasteiger partial charge in [0.2, 0.25) is 5.91 Å². The van der Waals surface area contributed by atoms with Crippen molar-refractivity contribution in [1.82, 2.24) is 0 Å². The minimum Gasteiger partial charge on any atom is -0.481 e. The number of carboxylic acids is 1. The van der Waals surface area contributed by atoms with Crippen LogP contribution in [0.4, 0.5) is 23.2 Å². The second kappa shape index (κ2) is 9.56. The molecule has 2 rings (SSSR count). The van der Waals surface area contributed by atoms with E-state index in [0.29, 0.717) is 11.1 Å². The summed E-state index contributed by atoms with van der Waals surface area (Å²) in [5, 5.41) is 11.0. The molecule has 30 heavy (non-hydrogen) atoms. The Morgan fingerprint density at radius 1 is 1.17 bits per heavy atom. The van der Waals surface area contributed by atoms with Crippen molar-refractivity contribution in [2.45, 2.75) is 31.9 Å². The number of nitrogens with one attached hydrogen (secondary N) is 1. The number of hydrogen-bond acceptors (Lipinski definition) is 2. The highest BCUT2D eigenvalue weighted by molar-refractivity contribution is 5.96. The summed E-state index contributed by atoms with van der Waals surface area (Å²) in [6.07, 6.45) is -3.25. The van der Waals surface area contributed by atoms with Gasteiger partial charge in [0.05, 0.1) is 17.5 Å². The molecule has 2 aromatic rings. The number of hydrogen-bond donors (Lipinski definition) is 2. The lowest BCUT2D eigenvalue weighted by atomic mass is 9.85. The Morgan fingerprint density at radius 2 is 1.80 bits per heavy atom. The SMILES string of the molecule is C=Cc1ccc([C@@H](C(=O)Nc2cc(CCC(=O)O)ccc2F)[C@@H](C)C(F)(F)F)cc1. The molecule has 0 spiro atoms. The lowest BCUT2D eigenvalue weighted by molar-refractivity contribution is -0.178. The summed E-state index contributed by atoms with van der Waals surface area (Å²) in [5.74, 6) is -6.52.